The van der Waals surface area contributed by atoms with Gasteiger partial charge in [-0.3, -0.25) is 4.79 Å². The normalized spacial score (nSPS) is 10.7. The third kappa shape index (κ3) is 3.94. The van der Waals surface area contributed by atoms with Crippen LogP contribution in [-0.2, 0) is 4.79 Å². The van der Waals surface area contributed by atoms with Crippen molar-refractivity contribution in [3.8, 4) is 0 Å². The summed E-state index contributed by atoms with van der Waals surface area (Å²) in [5.41, 5.74) is 2.10. The van der Waals surface area contributed by atoms with Gasteiger partial charge in [0.15, 0.2) is 5.58 Å². The highest BCUT2D eigenvalue weighted by Gasteiger charge is 2.09. The summed E-state index contributed by atoms with van der Waals surface area (Å²) in [6.07, 6.45) is 0.265. The Bertz CT molecular complexity index is 858. The molecular formula is C17H14N2O4S. The molecule has 0 fully saturated rings. The van der Waals surface area contributed by atoms with E-state index in [4.69, 9.17) is 9.52 Å². The van der Waals surface area contributed by atoms with E-state index < -0.39 is 5.97 Å². The smallest absolute Gasteiger partial charge is 0.335 e. The Balaban J connectivity index is 1.52. The van der Waals surface area contributed by atoms with Crippen molar-refractivity contribution in [1.29, 1.82) is 0 Å². The number of oxazole rings is 1. The molecule has 0 unspecified atom stereocenters. The monoisotopic (exact) mass is 342 g/mol. The third-order valence-corrected chi connectivity index (χ3v) is 4.05. The lowest BCUT2D eigenvalue weighted by Crippen LogP contribution is -2.12. The number of fused-ring (bicyclic) bond motifs is 1. The number of nitrogens with one attached hydrogen (secondary N) is 1. The van der Waals surface area contributed by atoms with E-state index in [-0.39, 0.29) is 17.9 Å². The van der Waals surface area contributed by atoms with Crippen molar-refractivity contribution >= 4 is 40.4 Å². The van der Waals surface area contributed by atoms with Crippen LogP contribution in [0.2, 0.25) is 0 Å². The van der Waals surface area contributed by atoms with Crippen molar-refractivity contribution in [2.75, 3.05) is 11.1 Å². The van der Waals surface area contributed by atoms with Crippen LogP contribution in [0.1, 0.15) is 16.8 Å². The number of carbonyl (C=O) groups is 2. The Labute approximate surface area is 141 Å². The average Bonchev–Trinajstić information content (AvgIpc) is 2.97. The molecule has 1 aromatic heterocycles. The molecule has 122 valence electrons. The number of para-hydroxylation sites is 2. The van der Waals surface area contributed by atoms with E-state index in [2.05, 4.69) is 10.3 Å². The van der Waals surface area contributed by atoms with Crippen LogP contribution in [0.5, 0.6) is 0 Å². The Kier molecular flexibility index (Phi) is 4.81. The molecule has 0 spiro atoms. The van der Waals surface area contributed by atoms with Crippen molar-refractivity contribution < 1.29 is 19.1 Å². The van der Waals surface area contributed by atoms with Gasteiger partial charge in [0, 0.05) is 17.9 Å². The zero-order chi connectivity index (χ0) is 16.9. The lowest BCUT2D eigenvalue weighted by atomic mass is 10.2. The second-order valence-corrected chi connectivity index (χ2v) is 6.03. The number of carboxylic acids is 1. The first kappa shape index (κ1) is 16.1. The van der Waals surface area contributed by atoms with Crippen LogP contribution in [0, 0.1) is 0 Å². The molecule has 6 nitrogen and oxygen atoms in total. The summed E-state index contributed by atoms with van der Waals surface area (Å²) >= 11 is 1.36. The molecule has 1 amide bonds. The van der Waals surface area contributed by atoms with Gasteiger partial charge in [0.1, 0.15) is 5.52 Å². The van der Waals surface area contributed by atoms with Gasteiger partial charge in [-0.25, -0.2) is 9.78 Å². The van der Waals surface area contributed by atoms with Crippen molar-refractivity contribution in [3.05, 3.63) is 54.1 Å². The molecule has 0 aliphatic heterocycles. The molecule has 2 aromatic carbocycles. The van der Waals surface area contributed by atoms with Crippen molar-refractivity contribution in [2.24, 2.45) is 0 Å². The van der Waals surface area contributed by atoms with Crippen LogP contribution in [0.15, 0.2) is 58.2 Å². The quantitative estimate of drug-likeness (QED) is 0.664. The molecule has 24 heavy (non-hydrogen) atoms. The van der Waals surface area contributed by atoms with Gasteiger partial charge >= 0.3 is 5.97 Å². The van der Waals surface area contributed by atoms with Crippen molar-refractivity contribution in [3.63, 3.8) is 0 Å². The number of thioether (sulfide) groups is 1. The molecule has 1 heterocycles. The predicted molar refractivity (Wildman–Crippen MR) is 91.4 cm³/mol. The predicted octanol–water partition coefficient (Wildman–Crippen LogP) is 3.65. The molecule has 7 heteroatoms. The second-order valence-electron chi connectivity index (χ2n) is 4.98. The van der Waals surface area contributed by atoms with Gasteiger partial charge in [0.2, 0.25) is 5.91 Å². The fraction of sp³-hybridized carbons (Fsp3) is 0.118. The largest absolute Gasteiger partial charge is 0.478 e. The standard InChI is InChI=1S/C17H14N2O4S/c20-15(18-12-5-3-4-11(10-12)16(21)22)8-9-24-17-19-13-6-1-2-7-14(13)23-17/h1-7,10H,8-9H2,(H,18,20)(H,21,22). The zero-order valence-corrected chi connectivity index (χ0v) is 13.4. The number of carboxylic acid groups (broad SMARTS) is 1. The number of hydrogen-bond donors (Lipinski definition) is 2. The molecule has 3 rings (SSSR count). The molecule has 0 aliphatic rings. The fourth-order valence-corrected chi connectivity index (χ4v) is 2.87. The van der Waals surface area contributed by atoms with Crippen LogP contribution in [0.25, 0.3) is 11.1 Å². The maximum atomic E-state index is 11.9. The number of nitrogens with zero attached hydrogens (tertiary/aromatic N) is 1. The first-order valence-electron chi connectivity index (χ1n) is 7.23. The molecule has 0 atom stereocenters. The fourth-order valence-electron chi connectivity index (χ4n) is 2.10. The van der Waals surface area contributed by atoms with Gasteiger partial charge in [-0.05, 0) is 30.3 Å². The highest BCUT2D eigenvalue weighted by atomic mass is 32.2. The number of hydrogen-bond acceptors (Lipinski definition) is 5. The Hall–Kier alpha value is -2.80. The van der Waals surface area contributed by atoms with Gasteiger partial charge in [-0.2, -0.15) is 0 Å². The van der Waals surface area contributed by atoms with E-state index in [1.165, 1.54) is 23.9 Å². The molecular weight excluding hydrogens is 328 g/mol. The highest BCUT2D eigenvalue weighted by Crippen LogP contribution is 2.23. The Morgan fingerprint density at radius 1 is 1.17 bits per heavy atom. The lowest BCUT2D eigenvalue weighted by Gasteiger charge is -2.05. The van der Waals surface area contributed by atoms with Gasteiger partial charge in [0.25, 0.3) is 5.22 Å². The lowest BCUT2D eigenvalue weighted by molar-refractivity contribution is -0.115. The van der Waals surface area contributed by atoms with Crippen LogP contribution in [-0.4, -0.2) is 27.7 Å². The van der Waals surface area contributed by atoms with E-state index in [9.17, 15) is 9.59 Å². The molecule has 3 aromatic rings. The summed E-state index contributed by atoms with van der Waals surface area (Å²) < 4.78 is 5.57. The van der Waals surface area contributed by atoms with Crippen molar-refractivity contribution in [1.82, 2.24) is 4.98 Å². The summed E-state index contributed by atoms with van der Waals surface area (Å²) in [7, 11) is 0. The summed E-state index contributed by atoms with van der Waals surface area (Å²) in [5, 5.41) is 12.1. The molecule has 0 saturated heterocycles. The Morgan fingerprint density at radius 2 is 2.00 bits per heavy atom. The van der Waals surface area contributed by atoms with E-state index in [0.29, 0.717) is 16.7 Å². The summed E-state index contributed by atoms with van der Waals surface area (Å²) in [6, 6.07) is 13.6. The maximum Gasteiger partial charge on any atom is 0.335 e. The summed E-state index contributed by atoms with van der Waals surface area (Å²) in [4.78, 5) is 27.2. The van der Waals surface area contributed by atoms with Crippen LogP contribution < -0.4 is 5.32 Å². The molecule has 0 radical (unpaired) electrons. The van der Waals surface area contributed by atoms with Gasteiger partial charge < -0.3 is 14.8 Å². The molecule has 0 aliphatic carbocycles. The summed E-state index contributed by atoms with van der Waals surface area (Å²) in [6.45, 7) is 0. The topological polar surface area (TPSA) is 92.4 Å². The number of aromatic nitrogens is 1. The number of amides is 1. The highest BCUT2D eigenvalue weighted by molar-refractivity contribution is 7.99. The average molecular weight is 342 g/mol. The minimum atomic E-state index is -1.03. The molecule has 0 saturated carbocycles. The van der Waals surface area contributed by atoms with Gasteiger partial charge in [-0.15, -0.1) is 0 Å². The number of rotatable bonds is 6. The van der Waals surface area contributed by atoms with Crippen LogP contribution >= 0.6 is 11.8 Å². The van der Waals surface area contributed by atoms with E-state index in [1.807, 2.05) is 24.3 Å². The van der Waals surface area contributed by atoms with Gasteiger partial charge in [-0.1, -0.05) is 30.0 Å². The molecule has 0 bridgehead atoms. The first-order chi connectivity index (χ1) is 11.6. The zero-order valence-electron chi connectivity index (χ0n) is 12.6. The number of anilines is 1. The minimum absolute atomic E-state index is 0.133. The summed E-state index contributed by atoms with van der Waals surface area (Å²) in [5.74, 6) is -0.712. The SMILES string of the molecule is O=C(CCSc1nc2ccccc2o1)Nc1cccc(C(=O)O)c1. The van der Waals surface area contributed by atoms with Gasteiger partial charge in [0.05, 0.1) is 5.56 Å². The van der Waals surface area contributed by atoms with Crippen LogP contribution in [0.4, 0.5) is 5.69 Å². The van der Waals surface area contributed by atoms with E-state index in [0.717, 1.165) is 11.1 Å². The number of aromatic carboxylic acids is 1. The van der Waals surface area contributed by atoms with Crippen molar-refractivity contribution in [2.45, 2.75) is 11.6 Å². The first-order valence-corrected chi connectivity index (χ1v) is 8.22. The molecule has 2 N–H and O–H groups in total. The minimum Gasteiger partial charge on any atom is -0.478 e. The third-order valence-electron chi connectivity index (χ3n) is 3.22. The van der Waals surface area contributed by atoms with E-state index in [1.54, 1.807) is 12.1 Å². The Morgan fingerprint density at radius 3 is 2.79 bits per heavy atom. The van der Waals surface area contributed by atoms with E-state index >= 15 is 0 Å². The number of carbonyl (C=O) groups excluding carboxylic acids is 1. The van der Waals surface area contributed by atoms with Crippen LogP contribution in [0.3, 0.4) is 0 Å². The number of benzene rings is 2. The second kappa shape index (κ2) is 7.18. The maximum absolute atomic E-state index is 11.9.